The molecule has 0 aromatic heterocycles. The summed E-state index contributed by atoms with van der Waals surface area (Å²) in [6, 6.07) is 23.3. The van der Waals surface area contributed by atoms with Crippen LogP contribution < -0.4 is 15.6 Å². The quantitative estimate of drug-likeness (QED) is 0.492. The van der Waals surface area contributed by atoms with Gasteiger partial charge in [0.05, 0.1) is 10.6 Å². The lowest BCUT2D eigenvalue weighted by Crippen LogP contribution is -2.40. The third-order valence-electron chi connectivity index (χ3n) is 3.68. The minimum Gasteiger partial charge on any atom is -0.457 e. The van der Waals surface area contributed by atoms with E-state index in [0.29, 0.717) is 10.8 Å². The predicted octanol–water partition coefficient (Wildman–Crippen LogP) is 4.61. The van der Waals surface area contributed by atoms with Crippen molar-refractivity contribution in [2.75, 3.05) is 0 Å². The molecule has 0 aliphatic heterocycles. The third kappa shape index (κ3) is 5.46. The van der Waals surface area contributed by atoms with Gasteiger partial charge in [-0.25, -0.2) is 0 Å². The summed E-state index contributed by atoms with van der Waals surface area (Å²) in [5, 5.41) is 0.306. The summed E-state index contributed by atoms with van der Waals surface area (Å²) in [6.45, 7) is 0. The summed E-state index contributed by atoms with van der Waals surface area (Å²) in [6.07, 6.45) is 2.93. The zero-order chi connectivity index (χ0) is 19.8. The molecule has 0 fully saturated rings. The van der Waals surface area contributed by atoms with E-state index in [1.807, 2.05) is 48.5 Å². The molecule has 3 aromatic carbocycles. The number of hydrogen-bond acceptors (Lipinski definition) is 3. The number of hydrazine groups is 1. The summed E-state index contributed by atoms with van der Waals surface area (Å²) < 4.78 is 5.76. The van der Waals surface area contributed by atoms with Crippen molar-refractivity contribution in [3.8, 4) is 11.5 Å². The normalized spacial score (nSPS) is 10.5. The van der Waals surface area contributed by atoms with E-state index in [0.717, 1.165) is 11.3 Å². The number of ether oxygens (including phenoxy) is 1. The SMILES string of the molecule is O=C(/C=C/c1cccc(Oc2ccccc2)c1)NNC(=O)c1ccccc1Cl. The van der Waals surface area contributed by atoms with Crippen LogP contribution in [0.25, 0.3) is 6.08 Å². The van der Waals surface area contributed by atoms with Gasteiger partial charge in [0, 0.05) is 6.08 Å². The lowest BCUT2D eigenvalue weighted by Gasteiger charge is -2.07. The van der Waals surface area contributed by atoms with Crippen molar-refractivity contribution in [1.29, 1.82) is 0 Å². The highest BCUT2D eigenvalue weighted by atomic mass is 35.5. The number of amides is 2. The first-order valence-corrected chi connectivity index (χ1v) is 8.85. The maximum Gasteiger partial charge on any atom is 0.271 e. The second-order valence-electron chi connectivity index (χ2n) is 5.74. The highest BCUT2D eigenvalue weighted by molar-refractivity contribution is 6.33. The largest absolute Gasteiger partial charge is 0.457 e. The van der Waals surface area contributed by atoms with Crippen LogP contribution in [0.4, 0.5) is 0 Å². The van der Waals surface area contributed by atoms with Crippen LogP contribution in [0.2, 0.25) is 5.02 Å². The number of nitrogens with one attached hydrogen (secondary N) is 2. The Bertz CT molecular complexity index is 1000. The molecule has 0 saturated carbocycles. The van der Waals surface area contributed by atoms with E-state index in [1.165, 1.54) is 6.08 Å². The molecule has 3 aromatic rings. The molecule has 0 aliphatic carbocycles. The molecule has 2 amide bonds. The molecule has 0 unspecified atom stereocenters. The number of hydrogen-bond donors (Lipinski definition) is 2. The second kappa shape index (κ2) is 9.39. The summed E-state index contributed by atoms with van der Waals surface area (Å²) in [5.41, 5.74) is 5.69. The van der Waals surface area contributed by atoms with Crippen molar-refractivity contribution in [3.63, 3.8) is 0 Å². The van der Waals surface area contributed by atoms with Gasteiger partial charge in [-0.3, -0.25) is 20.4 Å². The summed E-state index contributed by atoms with van der Waals surface area (Å²) >= 11 is 5.95. The minimum absolute atomic E-state index is 0.277. The summed E-state index contributed by atoms with van der Waals surface area (Å²) in [7, 11) is 0. The van der Waals surface area contributed by atoms with Crippen molar-refractivity contribution in [2.45, 2.75) is 0 Å². The molecule has 0 bridgehead atoms. The number of carbonyl (C=O) groups is 2. The van der Waals surface area contributed by atoms with E-state index in [1.54, 1.807) is 36.4 Å². The van der Waals surface area contributed by atoms with Crippen LogP contribution in [0.5, 0.6) is 11.5 Å². The van der Waals surface area contributed by atoms with E-state index in [-0.39, 0.29) is 5.56 Å². The van der Waals surface area contributed by atoms with E-state index >= 15 is 0 Å². The molecule has 0 saturated heterocycles. The Morgan fingerprint density at radius 3 is 2.32 bits per heavy atom. The Morgan fingerprint density at radius 2 is 1.54 bits per heavy atom. The van der Waals surface area contributed by atoms with Crippen LogP contribution >= 0.6 is 11.6 Å². The standard InChI is InChI=1S/C22H17ClN2O3/c23-20-12-5-4-11-19(20)22(27)25-24-21(26)14-13-16-7-6-10-18(15-16)28-17-8-2-1-3-9-17/h1-15H,(H,24,26)(H,25,27)/b14-13+. The highest BCUT2D eigenvalue weighted by Crippen LogP contribution is 2.22. The van der Waals surface area contributed by atoms with E-state index in [2.05, 4.69) is 10.9 Å². The second-order valence-corrected chi connectivity index (χ2v) is 6.15. The van der Waals surface area contributed by atoms with Gasteiger partial charge >= 0.3 is 0 Å². The fourth-order valence-electron chi connectivity index (χ4n) is 2.35. The predicted molar refractivity (Wildman–Crippen MR) is 109 cm³/mol. The molecule has 0 spiro atoms. The zero-order valence-electron chi connectivity index (χ0n) is 14.8. The Morgan fingerprint density at radius 1 is 0.821 bits per heavy atom. The number of rotatable bonds is 5. The van der Waals surface area contributed by atoms with Crippen LogP contribution in [0.15, 0.2) is 84.9 Å². The average molecular weight is 393 g/mol. The molecule has 3 rings (SSSR count). The smallest absolute Gasteiger partial charge is 0.271 e. The zero-order valence-corrected chi connectivity index (χ0v) is 15.5. The molecule has 0 heterocycles. The highest BCUT2D eigenvalue weighted by Gasteiger charge is 2.09. The molecule has 28 heavy (non-hydrogen) atoms. The van der Waals surface area contributed by atoms with Gasteiger partial charge in [-0.1, -0.05) is 54.1 Å². The molecule has 5 nitrogen and oxygen atoms in total. The van der Waals surface area contributed by atoms with Crippen molar-refractivity contribution >= 4 is 29.5 Å². The number of halogens is 1. The first-order chi connectivity index (χ1) is 13.6. The number of para-hydroxylation sites is 1. The first-order valence-electron chi connectivity index (χ1n) is 8.48. The fraction of sp³-hybridized carbons (Fsp3) is 0. The lowest BCUT2D eigenvalue weighted by atomic mass is 10.2. The van der Waals surface area contributed by atoms with Crippen LogP contribution in [0.1, 0.15) is 15.9 Å². The summed E-state index contributed by atoms with van der Waals surface area (Å²) in [5.74, 6) is 0.407. The van der Waals surface area contributed by atoms with E-state index in [9.17, 15) is 9.59 Å². The van der Waals surface area contributed by atoms with Gasteiger partial charge < -0.3 is 4.74 Å². The Labute approximate surface area is 167 Å². The maximum atomic E-state index is 12.0. The molecule has 140 valence electrons. The van der Waals surface area contributed by atoms with Gasteiger partial charge in [0.25, 0.3) is 11.8 Å². The van der Waals surface area contributed by atoms with Crippen LogP contribution in [0.3, 0.4) is 0 Å². The molecule has 0 atom stereocenters. The van der Waals surface area contributed by atoms with Gasteiger partial charge in [-0.15, -0.1) is 0 Å². The average Bonchev–Trinajstić information content (AvgIpc) is 2.72. The van der Waals surface area contributed by atoms with Crippen LogP contribution in [-0.4, -0.2) is 11.8 Å². The molecule has 0 aliphatic rings. The number of benzene rings is 3. The molecular weight excluding hydrogens is 376 g/mol. The van der Waals surface area contributed by atoms with Crippen LogP contribution in [0, 0.1) is 0 Å². The van der Waals surface area contributed by atoms with E-state index < -0.39 is 11.8 Å². The number of carbonyl (C=O) groups excluding carboxylic acids is 2. The maximum absolute atomic E-state index is 12.0. The lowest BCUT2D eigenvalue weighted by molar-refractivity contribution is -0.117. The van der Waals surface area contributed by atoms with Crippen LogP contribution in [-0.2, 0) is 4.79 Å². The molecule has 2 N–H and O–H groups in total. The van der Waals surface area contributed by atoms with Gasteiger partial charge in [0.15, 0.2) is 0 Å². The van der Waals surface area contributed by atoms with Crippen molar-refractivity contribution in [1.82, 2.24) is 10.9 Å². The molecule has 0 radical (unpaired) electrons. The Kier molecular flexibility index (Phi) is 6.44. The Hall–Kier alpha value is -3.57. The topological polar surface area (TPSA) is 67.4 Å². The van der Waals surface area contributed by atoms with E-state index in [4.69, 9.17) is 16.3 Å². The molecule has 6 heteroatoms. The van der Waals surface area contributed by atoms with Gasteiger partial charge in [0.1, 0.15) is 11.5 Å². The molecular formula is C22H17ClN2O3. The van der Waals surface area contributed by atoms with Gasteiger partial charge in [-0.2, -0.15) is 0 Å². The van der Waals surface area contributed by atoms with Crippen molar-refractivity contribution in [3.05, 3.63) is 101 Å². The summed E-state index contributed by atoms with van der Waals surface area (Å²) in [4.78, 5) is 23.9. The van der Waals surface area contributed by atoms with Gasteiger partial charge in [-0.05, 0) is 48.0 Å². The monoisotopic (exact) mass is 392 g/mol. The first kappa shape index (κ1) is 19.2. The van der Waals surface area contributed by atoms with Crippen molar-refractivity contribution in [2.24, 2.45) is 0 Å². The Balaban J connectivity index is 1.56. The third-order valence-corrected chi connectivity index (χ3v) is 4.01. The van der Waals surface area contributed by atoms with Crippen molar-refractivity contribution < 1.29 is 14.3 Å². The fourth-order valence-corrected chi connectivity index (χ4v) is 2.57. The minimum atomic E-state index is -0.495. The van der Waals surface area contributed by atoms with Gasteiger partial charge in [0.2, 0.25) is 0 Å².